The molecule has 4 unspecified atom stereocenters. The van der Waals surface area contributed by atoms with Gasteiger partial charge in [0, 0.05) is 0 Å². The Kier molecular flexibility index (Phi) is 5.36. The van der Waals surface area contributed by atoms with Gasteiger partial charge in [-0.3, -0.25) is 0 Å². The highest BCUT2D eigenvalue weighted by molar-refractivity contribution is 4.79. The maximum Gasteiger partial charge on any atom is 0.110 e. The Hall–Kier alpha value is -0.200. The van der Waals surface area contributed by atoms with Crippen molar-refractivity contribution in [1.82, 2.24) is 0 Å². The monoisotopic (exact) mass is 180 g/mol. The highest BCUT2D eigenvalue weighted by Crippen LogP contribution is 2.06. The summed E-state index contributed by atoms with van der Waals surface area (Å²) in [5, 5.41) is 44.5. The van der Waals surface area contributed by atoms with E-state index >= 15 is 0 Å². The zero-order valence-corrected chi connectivity index (χ0v) is 6.96. The fraction of sp³-hybridized carbons (Fsp3) is 1.00. The average Bonchev–Trinajstić information content (AvgIpc) is 2.12. The van der Waals surface area contributed by atoms with E-state index in [1.165, 1.54) is 0 Å². The zero-order valence-electron chi connectivity index (χ0n) is 6.96. The summed E-state index contributed by atoms with van der Waals surface area (Å²) in [7, 11) is 0. The molecule has 0 aromatic carbocycles. The number of aliphatic hydroxyl groups is 5. The molecule has 0 radical (unpaired) electrons. The van der Waals surface area contributed by atoms with Gasteiger partial charge in [-0.1, -0.05) is 6.92 Å². The summed E-state index contributed by atoms with van der Waals surface area (Å²) in [4.78, 5) is 0. The molecule has 0 amide bonds. The van der Waals surface area contributed by atoms with E-state index in [-0.39, 0.29) is 6.42 Å². The number of rotatable bonds is 5. The lowest BCUT2D eigenvalue weighted by Crippen LogP contribution is -2.45. The Balaban J connectivity index is 3.99. The van der Waals surface area contributed by atoms with Crippen LogP contribution in [0.25, 0.3) is 0 Å². The summed E-state index contributed by atoms with van der Waals surface area (Å²) in [5.74, 6) is 0. The van der Waals surface area contributed by atoms with E-state index in [0.717, 1.165) is 0 Å². The molecule has 74 valence electrons. The van der Waals surface area contributed by atoms with Gasteiger partial charge in [-0.2, -0.15) is 0 Å². The van der Waals surface area contributed by atoms with Crippen molar-refractivity contribution in [2.75, 3.05) is 6.61 Å². The molecule has 0 aromatic heterocycles. The van der Waals surface area contributed by atoms with E-state index in [9.17, 15) is 0 Å². The van der Waals surface area contributed by atoms with Crippen molar-refractivity contribution in [3.05, 3.63) is 0 Å². The van der Waals surface area contributed by atoms with E-state index in [1.807, 2.05) is 0 Å². The minimum atomic E-state index is -1.51. The van der Waals surface area contributed by atoms with Crippen molar-refractivity contribution in [3.8, 4) is 0 Å². The van der Waals surface area contributed by atoms with Gasteiger partial charge in [-0.15, -0.1) is 0 Å². The molecule has 4 atom stereocenters. The summed E-state index contributed by atoms with van der Waals surface area (Å²) in [6.07, 6.45) is -5.15. The second-order valence-electron chi connectivity index (χ2n) is 2.71. The van der Waals surface area contributed by atoms with Gasteiger partial charge >= 0.3 is 0 Å². The molecule has 0 saturated carbocycles. The highest BCUT2D eigenvalue weighted by atomic mass is 16.4. The number of aliphatic hydroxyl groups excluding tert-OH is 5. The van der Waals surface area contributed by atoms with Crippen LogP contribution in [0.1, 0.15) is 13.3 Å². The van der Waals surface area contributed by atoms with Crippen LogP contribution in [0.3, 0.4) is 0 Å². The van der Waals surface area contributed by atoms with Gasteiger partial charge in [-0.05, 0) is 6.42 Å². The molecule has 0 heterocycles. The Morgan fingerprint density at radius 2 is 1.33 bits per heavy atom. The van der Waals surface area contributed by atoms with Crippen LogP contribution < -0.4 is 0 Å². The zero-order chi connectivity index (χ0) is 9.72. The highest BCUT2D eigenvalue weighted by Gasteiger charge is 2.28. The molecule has 0 aliphatic heterocycles. The summed E-state index contributed by atoms with van der Waals surface area (Å²) in [6.45, 7) is 0.987. The molecule has 0 aromatic rings. The maximum atomic E-state index is 9.12. The quantitative estimate of drug-likeness (QED) is 0.331. The average molecular weight is 180 g/mol. The van der Waals surface area contributed by atoms with E-state index < -0.39 is 31.0 Å². The van der Waals surface area contributed by atoms with Crippen LogP contribution in [0.2, 0.25) is 0 Å². The molecule has 5 nitrogen and oxygen atoms in total. The molecule has 0 bridgehead atoms. The molecule has 0 spiro atoms. The van der Waals surface area contributed by atoms with Crippen LogP contribution >= 0.6 is 0 Å². The lowest BCUT2D eigenvalue weighted by atomic mass is 10.0. The van der Waals surface area contributed by atoms with Gasteiger partial charge in [0.25, 0.3) is 0 Å². The van der Waals surface area contributed by atoms with E-state index in [4.69, 9.17) is 25.5 Å². The Morgan fingerprint density at radius 3 is 1.67 bits per heavy atom. The molecular weight excluding hydrogens is 164 g/mol. The molecule has 0 fully saturated rings. The van der Waals surface area contributed by atoms with Crippen LogP contribution in [0.15, 0.2) is 0 Å². The van der Waals surface area contributed by atoms with Gasteiger partial charge in [0.2, 0.25) is 0 Å². The summed E-state index contributed by atoms with van der Waals surface area (Å²) in [5.41, 5.74) is 0. The topological polar surface area (TPSA) is 101 Å². The van der Waals surface area contributed by atoms with E-state index in [2.05, 4.69) is 0 Å². The Labute approximate surface area is 70.9 Å². The fourth-order valence-electron chi connectivity index (χ4n) is 0.805. The molecule has 0 rings (SSSR count). The third-order valence-electron chi connectivity index (χ3n) is 1.74. The van der Waals surface area contributed by atoms with Crippen molar-refractivity contribution in [1.29, 1.82) is 0 Å². The van der Waals surface area contributed by atoms with Crippen molar-refractivity contribution in [2.45, 2.75) is 37.8 Å². The predicted molar refractivity (Wildman–Crippen MR) is 41.4 cm³/mol. The van der Waals surface area contributed by atoms with Crippen LogP contribution in [-0.4, -0.2) is 56.6 Å². The number of hydrogen-bond donors (Lipinski definition) is 5. The standard InChI is InChI=1S/C7H16O5/c1-2-4(9)6(11)7(12)5(10)3-8/h4-12H,2-3H2,1H3. The third kappa shape index (κ3) is 3.04. The molecule has 0 aliphatic rings. The van der Waals surface area contributed by atoms with Crippen molar-refractivity contribution in [2.24, 2.45) is 0 Å². The Bertz CT molecular complexity index is 104. The minimum absolute atomic E-state index is 0.274. The maximum absolute atomic E-state index is 9.12. The summed E-state index contributed by atoms with van der Waals surface area (Å²) >= 11 is 0. The first-order valence-corrected chi connectivity index (χ1v) is 3.87. The molecule has 5 N–H and O–H groups in total. The normalized spacial score (nSPS) is 21.5. The summed E-state index contributed by atoms with van der Waals surface area (Å²) in [6, 6.07) is 0. The van der Waals surface area contributed by atoms with Crippen LogP contribution in [0, 0.1) is 0 Å². The van der Waals surface area contributed by atoms with Crippen molar-refractivity contribution < 1.29 is 25.5 Å². The van der Waals surface area contributed by atoms with Crippen LogP contribution in [0.4, 0.5) is 0 Å². The molecular formula is C7H16O5. The molecule has 12 heavy (non-hydrogen) atoms. The number of hydrogen-bond acceptors (Lipinski definition) is 5. The summed E-state index contributed by atoms with van der Waals surface area (Å²) < 4.78 is 0. The lowest BCUT2D eigenvalue weighted by molar-refractivity contribution is -0.115. The van der Waals surface area contributed by atoms with E-state index in [1.54, 1.807) is 6.92 Å². The van der Waals surface area contributed by atoms with Crippen LogP contribution in [0.5, 0.6) is 0 Å². The van der Waals surface area contributed by atoms with Gasteiger partial charge in [0.1, 0.15) is 18.3 Å². The van der Waals surface area contributed by atoms with Gasteiger partial charge in [0.05, 0.1) is 12.7 Å². The van der Waals surface area contributed by atoms with Crippen molar-refractivity contribution in [3.63, 3.8) is 0 Å². The van der Waals surface area contributed by atoms with E-state index in [0.29, 0.717) is 0 Å². The first-order chi connectivity index (χ1) is 5.54. The van der Waals surface area contributed by atoms with Crippen molar-refractivity contribution >= 4 is 0 Å². The SMILES string of the molecule is CCC(O)C(O)C(O)C(O)CO. The van der Waals surface area contributed by atoms with Crippen LogP contribution in [-0.2, 0) is 0 Å². The molecule has 0 aliphatic carbocycles. The first kappa shape index (κ1) is 11.8. The molecule has 0 saturated heterocycles. The largest absolute Gasteiger partial charge is 0.394 e. The van der Waals surface area contributed by atoms with Gasteiger partial charge < -0.3 is 25.5 Å². The van der Waals surface area contributed by atoms with Gasteiger partial charge in [-0.25, -0.2) is 0 Å². The second-order valence-corrected chi connectivity index (χ2v) is 2.71. The first-order valence-electron chi connectivity index (χ1n) is 3.87. The molecule has 5 heteroatoms. The lowest BCUT2D eigenvalue weighted by Gasteiger charge is -2.24. The third-order valence-corrected chi connectivity index (χ3v) is 1.74. The Morgan fingerprint density at radius 1 is 0.917 bits per heavy atom. The second kappa shape index (κ2) is 5.45. The van der Waals surface area contributed by atoms with Gasteiger partial charge in [0.15, 0.2) is 0 Å². The fourth-order valence-corrected chi connectivity index (χ4v) is 0.805. The smallest absolute Gasteiger partial charge is 0.110 e. The predicted octanol–water partition coefficient (Wildman–Crippen LogP) is -2.17. The minimum Gasteiger partial charge on any atom is -0.394 e.